The fourth-order valence-corrected chi connectivity index (χ4v) is 3.73. The second-order valence-electron chi connectivity index (χ2n) is 6.48. The Bertz CT molecular complexity index is 1290. The summed E-state index contributed by atoms with van der Waals surface area (Å²) in [5.74, 6) is -0.256. The molecule has 0 atom stereocenters. The van der Waals surface area contributed by atoms with E-state index < -0.39 is 0 Å². The highest BCUT2D eigenvalue weighted by atomic mass is 127. The van der Waals surface area contributed by atoms with Crippen molar-refractivity contribution >= 4 is 44.2 Å². The van der Waals surface area contributed by atoms with Gasteiger partial charge >= 0.3 is 0 Å². The molecular formula is C22H17FIN3. The van der Waals surface area contributed by atoms with E-state index >= 15 is 0 Å². The number of rotatable bonds is 2. The van der Waals surface area contributed by atoms with Crippen LogP contribution in [0.2, 0.25) is 0 Å². The number of pyridine rings is 1. The summed E-state index contributed by atoms with van der Waals surface area (Å²) in [4.78, 5) is 3.54. The van der Waals surface area contributed by atoms with Gasteiger partial charge in [0.2, 0.25) is 11.0 Å². The van der Waals surface area contributed by atoms with E-state index in [4.69, 9.17) is 0 Å². The SMILES string of the molecule is C[n+]1c2ccccc2c(Nc2cccc(F)c2)c2[nH]c3ccccc3c21.[I-]. The first-order chi connectivity index (χ1) is 12.7. The standard InChI is InChI=1S/C22H16FN3.HI/c1-26-19-12-5-3-10-17(19)20(24-15-8-6-7-14(23)13-15)21-22(26)16-9-2-4-11-18(16)25-21;/h2-13H,1H3,(H,24,25);1H. The van der Waals surface area contributed by atoms with Gasteiger partial charge in [-0.15, -0.1) is 0 Å². The second-order valence-corrected chi connectivity index (χ2v) is 6.48. The molecule has 5 rings (SSSR count). The van der Waals surface area contributed by atoms with Crippen LogP contribution in [-0.4, -0.2) is 4.98 Å². The number of benzene rings is 3. The lowest BCUT2D eigenvalue weighted by molar-refractivity contribution is -0.616. The van der Waals surface area contributed by atoms with Crippen LogP contribution < -0.4 is 33.9 Å². The van der Waals surface area contributed by atoms with Crippen molar-refractivity contribution < 1.29 is 32.9 Å². The molecule has 0 radical (unpaired) electrons. The lowest BCUT2D eigenvalue weighted by Gasteiger charge is -2.11. The van der Waals surface area contributed by atoms with Gasteiger partial charge in [0.25, 0.3) is 0 Å². The van der Waals surface area contributed by atoms with Gasteiger partial charge in [-0.2, -0.15) is 4.57 Å². The van der Waals surface area contributed by atoms with Crippen molar-refractivity contribution in [2.75, 3.05) is 5.32 Å². The van der Waals surface area contributed by atoms with Crippen molar-refractivity contribution in [1.82, 2.24) is 4.98 Å². The monoisotopic (exact) mass is 469 g/mol. The number of nitrogens with zero attached hydrogens (tertiary/aromatic N) is 1. The van der Waals surface area contributed by atoms with Crippen LogP contribution in [-0.2, 0) is 7.05 Å². The topological polar surface area (TPSA) is 31.7 Å². The average Bonchev–Trinajstić information content (AvgIpc) is 3.05. The molecule has 0 aliphatic rings. The Hall–Kier alpha value is -2.67. The number of hydrogen-bond acceptors (Lipinski definition) is 1. The molecule has 5 heteroatoms. The van der Waals surface area contributed by atoms with E-state index in [0.29, 0.717) is 0 Å². The third-order valence-corrected chi connectivity index (χ3v) is 4.89. The van der Waals surface area contributed by atoms with Gasteiger partial charge in [0, 0.05) is 11.8 Å². The molecule has 0 saturated carbocycles. The first-order valence-corrected chi connectivity index (χ1v) is 8.56. The minimum atomic E-state index is -0.256. The van der Waals surface area contributed by atoms with Gasteiger partial charge in [-0.1, -0.05) is 30.3 Å². The average molecular weight is 469 g/mol. The maximum atomic E-state index is 13.7. The summed E-state index contributed by atoms with van der Waals surface area (Å²) in [6.07, 6.45) is 0. The van der Waals surface area contributed by atoms with Crippen molar-refractivity contribution in [3.05, 3.63) is 78.6 Å². The summed E-state index contributed by atoms with van der Waals surface area (Å²) < 4.78 is 15.9. The van der Waals surface area contributed by atoms with Gasteiger partial charge in [0.1, 0.15) is 18.4 Å². The summed E-state index contributed by atoms with van der Waals surface area (Å²) in [7, 11) is 2.08. The van der Waals surface area contributed by atoms with E-state index in [0.717, 1.165) is 44.2 Å². The Balaban J connectivity index is 0.00000180. The number of aromatic nitrogens is 2. The molecule has 0 aliphatic carbocycles. The number of halogens is 2. The molecule has 5 aromatic rings. The van der Waals surface area contributed by atoms with E-state index in [1.165, 1.54) is 12.1 Å². The summed E-state index contributed by atoms with van der Waals surface area (Å²) >= 11 is 0. The summed E-state index contributed by atoms with van der Waals surface area (Å²) in [6, 6.07) is 23.1. The quantitative estimate of drug-likeness (QED) is 0.302. The number of H-pyrrole nitrogens is 1. The maximum Gasteiger partial charge on any atom is 0.240 e. The number of aryl methyl sites for hydroxylation is 1. The molecule has 0 fully saturated rings. The number of hydrogen-bond donors (Lipinski definition) is 2. The van der Waals surface area contributed by atoms with Crippen molar-refractivity contribution in [2.24, 2.45) is 7.05 Å². The van der Waals surface area contributed by atoms with Crippen molar-refractivity contribution in [1.29, 1.82) is 0 Å². The van der Waals surface area contributed by atoms with Crippen molar-refractivity contribution in [2.45, 2.75) is 0 Å². The number of para-hydroxylation sites is 2. The van der Waals surface area contributed by atoms with Gasteiger partial charge in [-0.05, 0) is 36.4 Å². The molecule has 3 nitrogen and oxygen atoms in total. The Morgan fingerprint density at radius 3 is 2.44 bits per heavy atom. The fraction of sp³-hybridized carbons (Fsp3) is 0.0455. The molecule has 27 heavy (non-hydrogen) atoms. The lowest BCUT2D eigenvalue weighted by atomic mass is 10.1. The Morgan fingerprint density at radius 2 is 1.63 bits per heavy atom. The molecule has 3 aromatic carbocycles. The van der Waals surface area contributed by atoms with Gasteiger partial charge in [-0.25, -0.2) is 4.39 Å². The smallest absolute Gasteiger partial charge is 0.240 e. The third-order valence-electron chi connectivity index (χ3n) is 4.89. The molecule has 0 bridgehead atoms. The number of fused-ring (bicyclic) bond motifs is 4. The summed E-state index contributed by atoms with van der Waals surface area (Å²) in [5.41, 5.74) is 6.01. The molecular weight excluding hydrogens is 452 g/mol. The van der Waals surface area contributed by atoms with Crippen LogP contribution in [0.15, 0.2) is 72.8 Å². The van der Waals surface area contributed by atoms with Crippen molar-refractivity contribution in [3.8, 4) is 0 Å². The minimum absolute atomic E-state index is 0. The predicted molar refractivity (Wildman–Crippen MR) is 104 cm³/mol. The zero-order valence-electron chi connectivity index (χ0n) is 14.6. The highest BCUT2D eigenvalue weighted by Gasteiger charge is 2.22. The van der Waals surface area contributed by atoms with Crippen LogP contribution >= 0.6 is 0 Å². The second kappa shape index (κ2) is 6.81. The summed E-state index contributed by atoms with van der Waals surface area (Å²) in [6.45, 7) is 0. The van der Waals surface area contributed by atoms with Crippen LogP contribution in [0.25, 0.3) is 32.8 Å². The van der Waals surface area contributed by atoms with Crippen LogP contribution in [0.3, 0.4) is 0 Å². The minimum Gasteiger partial charge on any atom is -1.00 e. The third kappa shape index (κ3) is 2.82. The highest BCUT2D eigenvalue weighted by Crippen LogP contribution is 2.35. The predicted octanol–water partition coefficient (Wildman–Crippen LogP) is 2.19. The van der Waals surface area contributed by atoms with Crippen molar-refractivity contribution in [3.63, 3.8) is 0 Å². The Kier molecular flexibility index (Phi) is 4.47. The highest BCUT2D eigenvalue weighted by molar-refractivity contribution is 6.13. The molecule has 2 aromatic heterocycles. The fourth-order valence-electron chi connectivity index (χ4n) is 3.73. The van der Waals surface area contributed by atoms with Crippen LogP contribution in [0.5, 0.6) is 0 Å². The first-order valence-electron chi connectivity index (χ1n) is 8.56. The zero-order chi connectivity index (χ0) is 17.7. The van der Waals surface area contributed by atoms with Gasteiger partial charge in [0.05, 0.1) is 22.0 Å². The molecule has 2 heterocycles. The van der Waals surface area contributed by atoms with Gasteiger partial charge < -0.3 is 34.3 Å². The molecule has 0 unspecified atom stereocenters. The Morgan fingerprint density at radius 1 is 0.889 bits per heavy atom. The summed E-state index contributed by atoms with van der Waals surface area (Å²) in [5, 5.41) is 5.68. The zero-order valence-corrected chi connectivity index (χ0v) is 16.8. The largest absolute Gasteiger partial charge is 1.00 e. The van der Waals surface area contributed by atoms with E-state index in [-0.39, 0.29) is 29.8 Å². The maximum absolute atomic E-state index is 13.7. The van der Waals surface area contributed by atoms with Crippen LogP contribution in [0.4, 0.5) is 15.8 Å². The number of anilines is 2. The molecule has 0 saturated heterocycles. The number of nitrogens with one attached hydrogen (secondary N) is 2. The van der Waals surface area contributed by atoms with Gasteiger partial charge in [-0.3, -0.25) is 0 Å². The molecule has 0 amide bonds. The molecule has 0 aliphatic heterocycles. The molecule has 2 N–H and O–H groups in total. The van der Waals surface area contributed by atoms with E-state index in [1.54, 1.807) is 6.07 Å². The number of aromatic amines is 1. The van der Waals surface area contributed by atoms with E-state index in [2.05, 4.69) is 46.2 Å². The van der Waals surface area contributed by atoms with E-state index in [1.807, 2.05) is 30.3 Å². The van der Waals surface area contributed by atoms with Gasteiger partial charge in [0.15, 0.2) is 0 Å². The molecule has 0 spiro atoms. The Labute approximate surface area is 172 Å². The lowest BCUT2D eigenvalue weighted by Crippen LogP contribution is -3.00. The molecule has 134 valence electrons. The first kappa shape index (κ1) is 17.7. The normalized spacial score (nSPS) is 11.0. The van der Waals surface area contributed by atoms with E-state index in [9.17, 15) is 4.39 Å². The van der Waals surface area contributed by atoms with Crippen LogP contribution in [0.1, 0.15) is 0 Å². The van der Waals surface area contributed by atoms with Crippen LogP contribution in [0, 0.1) is 5.82 Å².